The maximum Gasteiger partial charge on any atom is 0.417 e. The summed E-state index contributed by atoms with van der Waals surface area (Å²) in [5.74, 6) is -0.286. The molecule has 1 amide bonds. The second-order valence-corrected chi connectivity index (χ2v) is 7.57. The van der Waals surface area contributed by atoms with Crippen molar-refractivity contribution in [2.75, 3.05) is 44.3 Å². The molecular formula is C21H21ClF3N3O4. The normalized spacial score (nSPS) is 14.3. The van der Waals surface area contributed by atoms with Crippen LogP contribution in [0.1, 0.15) is 11.1 Å². The highest BCUT2D eigenvalue weighted by Gasteiger charge is 2.32. The number of anilines is 1. The third-order valence-electron chi connectivity index (χ3n) is 4.78. The first-order valence-electron chi connectivity index (χ1n) is 9.74. The van der Waals surface area contributed by atoms with Crippen LogP contribution >= 0.6 is 11.6 Å². The van der Waals surface area contributed by atoms with Crippen molar-refractivity contribution in [1.82, 2.24) is 9.88 Å². The van der Waals surface area contributed by atoms with Crippen LogP contribution in [0.3, 0.4) is 0 Å². The summed E-state index contributed by atoms with van der Waals surface area (Å²) in [4.78, 5) is 31.2. The molecule has 0 radical (unpaired) electrons. The first-order valence-corrected chi connectivity index (χ1v) is 10.1. The molecule has 1 fully saturated rings. The number of hydrogen-bond acceptors (Lipinski definition) is 6. The number of aromatic nitrogens is 1. The van der Waals surface area contributed by atoms with Crippen molar-refractivity contribution in [3.8, 4) is 5.75 Å². The number of halogens is 4. The highest BCUT2D eigenvalue weighted by atomic mass is 35.5. The van der Waals surface area contributed by atoms with Gasteiger partial charge >= 0.3 is 12.1 Å². The summed E-state index contributed by atoms with van der Waals surface area (Å²) in [6.45, 7) is 2.38. The van der Waals surface area contributed by atoms with E-state index in [1.54, 1.807) is 23.1 Å². The molecule has 1 aliphatic rings. The van der Waals surface area contributed by atoms with Crippen LogP contribution < -0.4 is 9.64 Å². The fraction of sp³-hybridized carbons (Fsp3) is 0.381. The molecule has 172 valence electrons. The topological polar surface area (TPSA) is 72.0 Å². The lowest BCUT2D eigenvalue weighted by molar-refractivity contribution is -0.153. The number of esters is 1. The van der Waals surface area contributed by atoms with Gasteiger partial charge in [-0.05, 0) is 30.7 Å². The van der Waals surface area contributed by atoms with Crippen LogP contribution in [0.25, 0.3) is 0 Å². The molecule has 0 spiro atoms. The number of carbonyl (C=O) groups excluding carboxylic acids is 2. The highest BCUT2D eigenvalue weighted by molar-refractivity contribution is 6.33. The second kappa shape index (κ2) is 10.1. The summed E-state index contributed by atoms with van der Waals surface area (Å²) >= 11 is 5.98. The monoisotopic (exact) mass is 471 g/mol. The van der Waals surface area contributed by atoms with Crippen molar-refractivity contribution in [3.63, 3.8) is 0 Å². The molecule has 1 aliphatic heterocycles. The van der Waals surface area contributed by atoms with Gasteiger partial charge in [-0.15, -0.1) is 0 Å². The summed E-state index contributed by atoms with van der Waals surface area (Å²) in [7, 11) is 0. The molecular weight excluding hydrogens is 451 g/mol. The molecule has 0 aliphatic carbocycles. The molecule has 1 aromatic heterocycles. The molecule has 1 saturated heterocycles. The SMILES string of the molecule is Cc1cccc(OCC(=O)OCC(=O)N2CCN(c3ncc(C(F)(F)F)cc3Cl)CC2)c1. The zero-order chi connectivity index (χ0) is 23.3. The number of aryl methyl sites for hydroxylation is 1. The van der Waals surface area contributed by atoms with E-state index in [2.05, 4.69) is 4.98 Å². The largest absolute Gasteiger partial charge is 0.482 e. The summed E-state index contributed by atoms with van der Waals surface area (Å²) < 4.78 is 48.6. The van der Waals surface area contributed by atoms with Gasteiger partial charge in [0.15, 0.2) is 13.2 Å². The van der Waals surface area contributed by atoms with Gasteiger partial charge in [-0.2, -0.15) is 13.2 Å². The molecule has 0 unspecified atom stereocenters. The predicted octanol–water partition coefficient (Wildman–Crippen LogP) is 3.33. The Bertz CT molecular complexity index is 979. The number of alkyl halides is 3. The number of carbonyl (C=O) groups is 2. The van der Waals surface area contributed by atoms with Crippen LogP contribution in [0.15, 0.2) is 36.5 Å². The molecule has 1 aromatic carbocycles. The Morgan fingerprint density at radius 3 is 2.47 bits per heavy atom. The Hall–Kier alpha value is -3.01. The lowest BCUT2D eigenvalue weighted by Gasteiger charge is -2.35. The zero-order valence-corrected chi connectivity index (χ0v) is 17.9. The van der Waals surface area contributed by atoms with Gasteiger partial charge in [0.2, 0.25) is 0 Å². The maximum absolute atomic E-state index is 12.8. The van der Waals surface area contributed by atoms with Gasteiger partial charge in [-0.3, -0.25) is 4.79 Å². The average molecular weight is 472 g/mol. The number of pyridine rings is 1. The maximum atomic E-state index is 12.8. The van der Waals surface area contributed by atoms with E-state index in [0.717, 1.165) is 17.8 Å². The molecule has 11 heteroatoms. The third kappa shape index (κ3) is 6.25. The summed E-state index contributed by atoms with van der Waals surface area (Å²) in [5.41, 5.74) is 0.0613. The van der Waals surface area contributed by atoms with Crippen molar-refractivity contribution in [1.29, 1.82) is 0 Å². The lowest BCUT2D eigenvalue weighted by Crippen LogP contribution is -2.50. The van der Waals surface area contributed by atoms with Crippen LogP contribution in [-0.4, -0.2) is 61.2 Å². The van der Waals surface area contributed by atoms with Crippen molar-refractivity contribution >= 4 is 29.3 Å². The van der Waals surface area contributed by atoms with Crippen LogP contribution in [0, 0.1) is 6.92 Å². The summed E-state index contributed by atoms with van der Waals surface area (Å²) in [5, 5.41) is -0.109. The fourth-order valence-electron chi connectivity index (χ4n) is 3.11. The van der Waals surface area contributed by atoms with Gasteiger partial charge in [-0.1, -0.05) is 23.7 Å². The number of benzene rings is 1. The van der Waals surface area contributed by atoms with E-state index in [4.69, 9.17) is 21.1 Å². The van der Waals surface area contributed by atoms with E-state index in [-0.39, 0.29) is 36.4 Å². The van der Waals surface area contributed by atoms with E-state index in [1.165, 1.54) is 4.90 Å². The van der Waals surface area contributed by atoms with E-state index < -0.39 is 24.3 Å². The third-order valence-corrected chi connectivity index (χ3v) is 5.06. The fourth-order valence-corrected chi connectivity index (χ4v) is 3.39. The van der Waals surface area contributed by atoms with Crippen LogP contribution in [-0.2, 0) is 20.5 Å². The molecule has 0 N–H and O–H groups in total. The molecule has 2 heterocycles. The average Bonchev–Trinajstić information content (AvgIpc) is 2.75. The Labute approximate surface area is 187 Å². The van der Waals surface area contributed by atoms with Crippen molar-refractivity contribution in [2.45, 2.75) is 13.1 Å². The van der Waals surface area contributed by atoms with Crippen LogP contribution in [0.2, 0.25) is 5.02 Å². The summed E-state index contributed by atoms with van der Waals surface area (Å²) in [6.07, 6.45) is -3.79. The standard InChI is InChI=1S/C21H21ClF3N3O4/c1-14-3-2-4-16(9-14)31-13-19(30)32-12-18(29)27-5-7-28(8-6-27)20-17(22)10-15(11-26-20)21(23,24)25/h2-4,9-11H,5-8,12-13H2,1H3. The number of hydrogen-bond donors (Lipinski definition) is 0. The first-order chi connectivity index (χ1) is 15.1. The Balaban J connectivity index is 1.44. The summed E-state index contributed by atoms with van der Waals surface area (Å²) in [6, 6.07) is 8.01. The van der Waals surface area contributed by atoms with Gasteiger partial charge in [0.1, 0.15) is 11.6 Å². The quantitative estimate of drug-likeness (QED) is 0.602. The number of piperazine rings is 1. The molecule has 0 atom stereocenters. The van der Waals surface area contributed by atoms with Gasteiger partial charge in [-0.25, -0.2) is 9.78 Å². The van der Waals surface area contributed by atoms with Crippen LogP contribution in [0.4, 0.5) is 19.0 Å². The minimum absolute atomic E-state index is 0.109. The minimum Gasteiger partial charge on any atom is -0.482 e. The van der Waals surface area contributed by atoms with E-state index >= 15 is 0 Å². The number of nitrogens with zero attached hydrogens (tertiary/aromatic N) is 3. The number of amides is 1. The van der Waals surface area contributed by atoms with Crippen LogP contribution in [0.5, 0.6) is 5.75 Å². The Morgan fingerprint density at radius 2 is 1.84 bits per heavy atom. The highest BCUT2D eigenvalue weighted by Crippen LogP contribution is 2.33. The molecule has 2 aromatic rings. The number of rotatable bonds is 6. The molecule has 3 rings (SSSR count). The van der Waals surface area contributed by atoms with Gasteiger partial charge in [0.25, 0.3) is 5.91 Å². The van der Waals surface area contributed by atoms with Gasteiger partial charge in [0, 0.05) is 32.4 Å². The van der Waals surface area contributed by atoms with E-state index in [1.807, 2.05) is 13.0 Å². The minimum atomic E-state index is -4.53. The van der Waals surface area contributed by atoms with Crippen molar-refractivity contribution in [3.05, 3.63) is 52.7 Å². The van der Waals surface area contributed by atoms with Crippen molar-refractivity contribution in [2.24, 2.45) is 0 Å². The molecule has 0 bridgehead atoms. The first kappa shape index (κ1) is 23.6. The van der Waals surface area contributed by atoms with Gasteiger partial charge in [0.05, 0.1) is 10.6 Å². The van der Waals surface area contributed by atoms with E-state index in [0.29, 0.717) is 18.8 Å². The van der Waals surface area contributed by atoms with Gasteiger partial charge < -0.3 is 19.3 Å². The number of ether oxygens (including phenoxy) is 2. The van der Waals surface area contributed by atoms with Crippen molar-refractivity contribution < 1.29 is 32.2 Å². The molecule has 0 saturated carbocycles. The predicted molar refractivity (Wildman–Crippen MR) is 111 cm³/mol. The Kier molecular flexibility index (Phi) is 7.44. The van der Waals surface area contributed by atoms with E-state index in [9.17, 15) is 22.8 Å². The smallest absolute Gasteiger partial charge is 0.417 e. The second-order valence-electron chi connectivity index (χ2n) is 7.16. The molecule has 32 heavy (non-hydrogen) atoms. The molecule has 7 nitrogen and oxygen atoms in total. The lowest BCUT2D eigenvalue weighted by atomic mass is 10.2. The Morgan fingerprint density at radius 1 is 1.12 bits per heavy atom. The zero-order valence-electron chi connectivity index (χ0n) is 17.2.